The number of carboxylic acids is 1. The van der Waals surface area contributed by atoms with Crippen LogP contribution in [0.2, 0.25) is 0 Å². The van der Waals surface area contributed by atoms with Gasteiger partial charge >= 0.3 is 5.97 Å². The van der Waals surface area contributed by atoms with Crippen LogP contribution in [0.25, 0.3) is 0 Å². The summed E-state index contributed by atoms with van der Waals surface area (Å²) in [6, 6.07) is 0. The molecule has 0 aromatic carbocycles. The van der Waals surface area contributed by atoms with E-state index in [4.69, 9.17) is 9.63 Å². The Bertz CT molecular complexity index is 486. The largest absolute Gasteiger partial charge is 0.480 e. The molecule has 0 unspecified atom stereocenters. The van der Waals surface area contributed by atoms with E-state index in [0.29, 0.717) is 25.3 Å². The molecule has 20 heavy (non-hydrogen) atoms. The highest BCUT2D eigenvalue weighted by atomic mass is 16.5. The number of aliphatic carboxylic acids is 1. The van der Waals surface area contributed by atoms with Gasteiger partial charge < -0.3 is 14.5 Å². The molecule has 1 aromatic rings. The Balaban J connectivity index is 1.91. The van der Waals surface area contributed by atoms with Gasteiger partial charge in [0.05, 0.1) is 5.69 Å². The molecule has 1 heterocycles. The van der Waals surface area contributed by atoms with Gasteiger partial charge in [0.2, 0.25) is 5.91 Å². The molecule has 0 saturated heterocycles. The number of hydrogen-bond acceptors (Lipinski definition) is 4. The Morgan fingerprint density at radius 2 is 2.10 bits per heavy atom. The van der Waals surface area contributed by atoms with Crippen LogP contribution < -0.4 is 0 Å². The molecule has 2 rings (SSSR count). The molecule has 1 aromatic heterocycles. The molecule has 1 N–H and O–H groups in total. The smallest absolute Gasteiger partial charge is 0.323 e. The summed E-state index contributed by atoms with van der Waals surface area (Å²) in [5, 5.41) is 12.7. The third-order valence-electron chi connectivity index (χ3n) is 3.62. The predicted octanol–water partition coefficient (Wildman–Crippen LogP) is 1.55. The highest BCUT2D eigenvalue weighted by Gasteiger charge is 2.28. The zero-order valence-electron chi connectivity index (χ0n) is 11.9. The molecular weight excluding hydrogens is 260 g/mol. The summed E-state index contributed by atoms with van der Waals surface area (Å²) in [5.41, 5.74) is 1.74. The Labute approximate surface area is 117 Å². The molecule has 1 aliphatic carbocycles. The van der Waals surface area contributed by atoms with Crippen LogP contribution >= 0.6 is 0 Å². The van der Waals surface area contributed by atoms with Gasteiger partial charge in [-0.05, 0) is 39.0 Å². The van der Waals surface area contributed by atoms with Gasteiger partial charge in [-0.15, -0.1) is 0 Å². The Hall–Kier alpha value is -1.85. The second-order valence-electron chi connectivity index (χ2n) is 5.41. The summed E-state index contributed by atoms with van der Waals surface area (Å²) < 4.78 is 5.06. The number of aromatic nitrogens is 1. The Morgan fingerprint density at radius 3 is 2.60 bits per heavy atom. The van der Waals surface area contributed by atoms with Crippen molar-refractivity contribution >= 4 is 11.9 Å². The molecule has 1 saturated carbocycles. The molecule has 0 atom stereocenters. The van der Waals surface area contributed by atoms with Crippen molar-refractivity contribution in [2.24, 2.45) is 5.92 Å². The van der Waals surface area contributed by atoms with Gasteiger partial charge in [-0.2, -0.15) is 0 Å². The minimum Gasteiger partial charge on any atom is -0.480 e. The van der Waals surface area contributed by atoms with E-state index in [1.165, 1.54) is 4.90 Å². The van der Waals surface area contributed by atoms with Gasteiger partial charge in [-0.1, -0.05) is 5.16 Å². The quantitative estimate of drug-likeness (QED) is 0.819. The number of carboxylic acid groups (broad SMARTS) is 1. The van der Waals surface area contributed by atoms with Crippen LogP contribution in [0.3, 0.4) is 0 Å². The lowest BCUT2D eigenvalue weighted by Gasteiger charge is -2.20. The summed E-state index contributed by atoms with van der Waals surface area (Å²) >= 11 is 0. The molecule has 1 fully saturated rings. The van der Waals surface area contributed by atoms with E-state index in [1.54, 1.807) is 0 Å². The second kappa shape index (κ2) is 6.07. The SMILES string of the molecule is Cc1noc(C)c1CCC(=O)N(CC(=O)O)CC1CC1. The lowest BCUT2D eigenvalue weighted by Crippen LogP contribution is -2.37. The fraction of sp³-hybridized carbons (Fsp3) is 0.643. The lowest BCUT2D eigenvalue weighted by molar-refractivity contribution is -0.144. The van der Waals surface area contributed by atoms with E-state index in [2.05, 4.69) is 5.16 Å². The highest BCUT2D eigenvalue weighted by Crippen LogP contribution is 2.30. The molecular formula is C14H20N2O4. The minimum atomic E-state index is -0.962. The van der Waals surface area contributed by atoms with Gasteiger partial charge in [-0.3, -0.25) is 9.59 Å². The summed E-state index contributed by atoms with van der Waals surface area (Å²) in [7, 11) is 0. The van der Waals surface area contributed by atoms with E-state index < -0.39 is 5.97 Å². The van der Waals surface area contributed by atoms with Crippen molar-refractivity contribution in [1.29, 1.82) is 0 Å². The number of carbonyl (C=O) groups is 2. The number of amides is 1. The van der Waals surface area contributed by atoms with Crippen LogP contribution in [-0.2, 0) is 16.0 Å². The van der Waals surface area contributed by atoms with Crippen molar-refractivity contribution in [1.82, 2.24) is 10.1 Å². The average Bonchev–Trinajstić information content (AvgIpc) is 3.13. The third kappa shape index (κ3) is 3.82. The molecule has 0 aliphatic heterocycles. The molecule has 6 nitrogen and oxygen atoms in total. The van der Waals surface area contributed by atoms with Crippen molar-refractivity contribution in [2.75, 3.05) is 13.1 Å². The van der Waals surface area contributed by atoms with Crippen LogP contribution in [0.4, 0.5) is 0 Å². The van der Waals surface area contributed by atoms with Gasteiger partial charge in [0.1, 0.15) is 12.3 Å². The Morgan fingerprint density at radius 1 is 1.40 bits per heavy atom. The van der Waals surface area contributed by atoms with Gasteiger partial charge in [0.15, 0.2) is 0 Å². The number of carbonyl (C=O) groups excluding carboxylic acids is 1. The van der Waals surface area contributed by atoms with Crippen molar-refractivity contribution < 1.29 is 19.2 Å². The summed E-state index contributed by atoms with van der Waals surface area (Å²) in [4.78, 5) is 24.5. The van der Waals surface area contributed by atoms with E-state index in [1.807, 2.05) is 13.8 Å². The van der Waals surface area contributed by atoms with Crippen LogP contribution in [0.15, 0.2) is 4.52 Å². The standard InChI is InChI=1S/C14H20N2O4/c1-9-12(10(2)20-15-9)5-6-13(17)16(8-14(18)19)7-11-3-4-11/h11H,3-8H2,1-2H3,(H,18,19). The average molecular weight is 280 g/mol. The molecule has 0 radical (unpaired) electrons. The first-order chi connectivity index (χ1) is 9.47. The van der Waals surface area contributed by atoms with E-state index in [0.717, 1.165) is 29.9 Å². The van der Waals surface area contributed by atoms with Gasteiger partial charge in [0.25, 0.3) is 0 Å². The van der Waals surface area contributed by atoms with Crippen LogP contribution in [0.1, 0.15) is 36.3 Å². The van der Waals surface area contributed by atoms with Crippen LogP contribution in [0, 0.1) is 19.8 Å². The maximum atomic E-state index is 12.2. The fourth-order valence-corrected chi connectivity index (χ4v) is 2.28. The van der Waals surface area contributed by atoms with Gasteiger partial charge in [-0.25, -0.2) is 0 Å². The minimum absolute atomic E-state index is 0.112. The predicted molar refractivity (Wildman–Crippen MR) is 71.2 cm³/mol. The first-order valence-electron chi connectivity index (χ1n) is 6.88. The summed E-state index contributed by atoms with van der Waals surface area (Å²) in [5.74, 6) is 0.135. The normalized spacial score (nSPS) is 14.3. The molecule has 1 aliphatic rings. The maximum absolute atomic E-state index is 12.2. The second-order valence-corrected chi connectivity index (χ2v) is 5.41. The molecule has 1 amide bonds. The third-order valence-corrected chi connectivity index (χ3v) is 3.62. The highest BCUT2D eigenvalue weighted by molar-refractivity contribution is 5.81. The maximum Gasteiger partial charge on any atom is 0.323 e. The molecule has 0 bridgehead atoms. The summed E-state index contributed by atoms with van der Waals surface area (Å²) in [6.45, 7) is 4.01. The lowest BCUT2D eigenvalue weighted by atomic mass is 10.1. The Kier molecular flexibility index (Phi) is 4.42. The molecule has 110 valence electrons. The zero-order valence-corrected chi connectivity index (χ0v) is 11.9. The first-order valence-corrected chi connectivity index (χ1v) is 6.88. The van der Waals surface area contributed by atoms with Crippen LogP contribution in [-0.4, -0.2) is 40.1 Å². The zero-order chi connectivity index (χ0) is 14.7. The van der Waals surface area contributed by atoms with Crippen LogP contribution in [0.5, 0.6) is 0 Å². The fourth-order valence-electron chi connectivity index (χ4n) is 2.28. The van der Waals surface area contributed by atoms with Crippen molar-refractivity contribution in [2.45, 2.75) is 39.5 Å². The van der Waals surface area contributed by atoms with E-state index in [9.17, 15) is 9.59 Å². The van der Waals surface area contributed by atoms with E-state index in [-0.39, 0.29) is 12.5 Å². The van der Waals surface area contributed by atoms with Gasteiger partial charge in [0, 0.05) is 18.5 Å². The molecule has 6 heteroatoms. The van der Waals surface area contributed by atoms with Crippen molar-refractivity contribution in [3.05, 3.63) is 17.0 Å². The number of nitrogens with zero attached hydrogens (tertiary/aromatic N) is 2. The first kappa shape index (κ1) is 14.6. The molecule has 0 spiro atoms. The number of aryl methyl sites for hydroxylation is 2. The number of rotatable bonds is 7. The monoisotopic (exact) mass is 280 g/mol. The van der Waals surface area contributed by atoms with Crippen molar-refractivity contribution in [3.63, 3.8) is 0 Å². The van der Waals surface area contributed by atoms with Crippen molar-refractivity contribution in [3.8, 4) is 0 Å². The van der Waals surface area contributed by atoms with E-state index >= 15 is 0 Å². The summed E-state index contributed by atoms with van der Waals surface area (Å²) in [6.07, 6.45) is 3.02. The topological polar surface area (TPSA) is 83.6 Å². The number of hydrogen-bond donors (Lipinski definition) is 1.